The van der Waals surface area contributed by atoms with E-state index in [0.29, 0.717) is 0 Å². The standard InChI is InChI=1S/C12H14Cl2FNO4S/c1-7-6-20-8(5-17)4-16(7)21(18,19)10-3-2-9(13)12(15)11(10)14/h2-3,7-8,17H,4-6H2,1H3. The summed E-state index contributed by atoms with van der Waals surface area (Å²) in [6, 6.07) is 1.86. The number of aliphatic hydroxyl groups is 1. The largest absolute Gasteiger partial charge is 0.394 e. The van der Waals surface area contributed by atoms with Crippen LogP contribution in [0.2, 0.25) is 10.0 Å². The molecule has 0 aromatic heterocycles. The van der Waals surface area contributed by atoms with Crippen LogP contribution in [0.1, 0.15) is 6.92 Å². The van der Waals surface area contributed by atoms with E-state index in [0.717, 1.165) is 10.4 Å². The molecule has 9 heteroatoms. The van der Waals surface area contributed by atoms with Crippen molar-refractivity contribution in [2.24, 2.45) is 0 Å². The molecule has 0 spiro atoms. The number of nitrogens with zero attached hydrogens (tertiary/aromatic N) is 1. The van der Waals surface area contributed by atoms with Gasteiger partial charge in [0, 0.05) is 12.6 Å². The van der Waals surface area contributed by atoms with Gasteiger partial charge in [0.1, 0.15) is 4.90 Å². The Bertz CT molecular complexity index is 640. The summed E-state index contributed by atoms with van der Waals surface area (Å²) >= 11 is 11.3. The van der Waals surface area contributed by atoms with Gasteiger partial charge in [0.05, 0.1) is 29.4 Å². The summed E-state index contributed by atoms with van der Waals surface area (Å²) in [6.45, 7) is 1.46. The molecule has 1 aliphatic heterocycles. The van der Waals surface area contributed by atoms with Gasteiger partial charge in [0.15, 0.2) is 5.82 Å². The molecule has 1 aromatic rings. The summed E-state index contributed by atoms with van der Waals surface area (Å²) in [5.41, 5.74) is 0. The normalized spacial score (nSPS) is 24.2. The molecule has 0 radical (unpaired) electrons. The summed E-state index contributed by atoms with van der Waals surface area (Å²) in [5.74, 6) is -0.973. The number of ether oxygens (including phenoxy) is 1. The molecule has 1 heterocycles. The number of sulfonamides is 1. The Labute approximate surface area is 132 Å². The fraction of sp³-hybridized carbons (Fsp3) is 0.500. The number of hydrogen-bond donors (Lipinski definition) is 1. The maximum Gasteiger partial charge on any atom is 0.245 e. The van der Waals surface area contributed by atoms with E-state index >= 15 is 0 Å². The first kappa shape index (κ1) is 16.9. The van der Waals surface area contributed by atoms with E-state index < -0.39 is 33.0 Å². The molecule has 2 unspecified atom stereocenters. The van der Waals surface area contributed by atoms with Crippen molar-refractivity contribution in [2.75, 3.05) is 19.8 Å². The van der Waals surface area contributed by atoms with E-state index in [1.54, 1.807) is 6.92 Å². The van der Waals surface area contributed by atoms with Crippen LogP contribution in [-0.4, -0.2) is 49.7 Å². The van der Waals surface area contributed by atoms with E-state index in [-0.39, 0.29) is 29.7 Å². The summed E-state index contributed by atoms with van der Waals surface area (Å²) in [4.78, 5) is -0.350. The highest BCUT2D eigenvalue weighted by molar-refractivity contribution is 7.89. The first-order valence-corrected chi connectivity index (χ1v) is 8.36. The zero-order chi connectivity index (χ0) is 15.8. The minimum absolute atomic E-state index is 0.0272. The zero-order valence-electron chi connectivity index (χ0n) is 11.1. The summed E-state index contributed by atoms with van der Waals surface area (Å²) in [7, 11) is -4.01. The van der Waals surface area contributed by atoms with Crippen LogP contribution in [0.5, 0.6) is 0 Å². The molecule has 0 amide bonds. The van der Waals surface area contributed by atoms with Crippen molar-refractivity contribution in [3.8, 4) is 0 Å². The lowest BCUT2D eigenvalue weighted by molar-refractivity contribution is -0.0516. The quantitative estimate of drug-likeness (QED) is 0.839. The van der Waals surface area contributed by atoms with Crippen LogP contribution in [0, 0.1) is 5.82 Å². The highest BCUT2D eigenvalue weighted by Gasteiger charge is 2.37. The molecule has 0 aliphatic carbocycles. The molecule has 5 nitrogen and oxygen atoms in total. The number of aliphatic hydroxyl groups excluding tert-OH is 1. The number of morpholine rings is 1. The highest BCUT2D eigenvalue weighted by Crippen LogP contribution is 2.32. The van der Waals surface area contributed by atoms with Gasteiger partial charge >= 0.3 is 0 Å². The average Bonchev–Trinajstić information content (AvgIpc) is 2.45. The maximum absolute atomic E-state index is 13.7. The Kier molecular flexibility index (Phi) is 5.12. The third-order valence-corrected chi connectivity index (χ3v) is 6.03. The number of hydrogen-bond acceptors (Lipinski definition) is 4. The van der Waals surface area contributed by atoms with Crippen LogP contribution in [0.15, 0.2) is 17.0 Å². The van der Waals surface area contributed by atoms with Crippen LogP contribution < -0.4 is 0 Å². The molecule has 1 N–H and O–H groups in total. The van der Waals surface area contributed by atoms with Crippen LogP contribution >= 0.6 is 23.2 Å². The van der Waals surface area contributed by atoms with Gasteiger partial charge in [-0.25, -0.2) is 12.8 Å². The van der Waals surface area contributed by atoms with Gasteiger partial charge in [0.2, 0.25) is 10.0 Å². The van der Waals surface area contributed by atoms with Gasteiger partial charge in [-0.05, 0) is 19.1 Å². The molecule has 1 aromatic carbocycles. The summed E-state index contributed by atoms with van der Waals surface area (Å²) in [5, 5.41) is 8.33. The molecule has 21 heavy (non-hydrogen) atoms. The SMILES string of the molecule is CC1COC(CO)CN1S(=O)(=O)c1ccc(Cl)c(F)c1Cl. The lowest BCUT2D eigenvalue weighted by Gasteiger charge is -2.36. The van der Waals surface area contributed by atoms with Gasteiger partial charge in [-0.15, -0.1) is 0 Å². The van der Waals surface area contributed by atoms with Crippen molar-refractivity contribution < 1.29 is 22.7 Å². The number of rotatable bonds is 3. The lowest BCUT2D eigenvalue weighted by Crippen LogP contribution is -2.51. The monoisotopic (exact) mass is 357 g/mol. The van der Waals surface area contributed by atoms with Gasteiger partial charge in [-0.1, -0.05) is 23.2 Å². The minimum atomic E-state index is -4.01. The highest BCUT2D eigenvalue weighted by atomic mass is 35.5. The molecule has 1 saturated heterocycles. The molecule has 0 saturated carbocycles. The lowest BCUT2D eigenvalue weighted by atomic mass is 10.2. The second-order valence-electron chi connectivity index (χ2n) is 4.74. The van der Waals surface area contributed by atoms with E-state index in [1.165, 1.54) is 6.07 Å². The van der Waals surface area contributed by atoms with Crippen molar-refractivity contribution in [3.05, 3.63) is 28.0 Å². The maximum atomic E-state index is 13.7. The van der Waals surface area contributed by atoms with Crippen LogP contribution in [0.3, 0.4) is 0 Å². The van der Waals surface area contributed by atoms with Gasteiger partial charge in [0.25, 0.3) is 0 Å². The smallest absolute Gasteiger partial charge is 0.245 e. The fourth-order valence-corrected chi connectivity index (χ4v) is 4.44. The molecular weight excluding hydrogens is 344 g/mol. The van der Waals surface area contributed by atoms with Crippen molar-refractivity contribution >= 4 is 33.2 Å². The molecule has 2 rings (SSSR count). The predicted molar refractivity (Wildman–Crippen MR) is 76.6 cm³/mol. The fourth-order valence-electron chi connectivity index (χ4n) is 2.07. The van der Waals surface area contributed by atoms with E-state index in [2.05, 4.69) is 0 Å². The first-order valence-electron chi connectivity index (χ1n) is 6.16. The van der Waals surface area contributed by atoms with E-state index in [1.807, 2.05) is 0 Å². The van der Waals surface area contributed by atoms with Crippen LogP contribution in [0.25, 0.3) is 0 Å². The second-order valence-corrected chi connectivity index (χ2v) is 7.38. The number of benzene rings is 1. The van der Waals surface area contributed by atoms with E-state index in [4.69, 9.17) is 33.0 Å². The van der Waals surface area contributed by atoms with Crippen molar-refractivity contribution in [2.45, 2.75) is 24.0 Å². The van der Waals surface area contributed by atoms with Gasteiger partial charge in [-0.3, -0.25) is 0 Å². The third-order valence-electron chi connectivity index (χ3n) is 3.24. The topological polar surface area (TPSA) is 66.8 Å². The molecule has 1 fully saturated rings. The van der Waals surface area contributed by atoms with Crippen molar-refractivity contribution in [1.82, 2.24) is 4.31 Å². The summed E-state index contributed by atoms with van der Waals surface area (Å²) in [6.07, 6.45) is -0.619. The van der Waals surface area contributed by atoms with Crippen LogP contribution in [-0.2, 0) is 14.8 Å². The average molecular weight is 358 g/mol. The molecule has 118 valence electrons. The zero-order valence-corrected chi connectivity index (χ0v) is 13.4. The van der Waals surface area contributed by atoms with Crippen molar-refractivity contribution in [1.29, 1.82) is 0 Å². The second kappa shape index (κ2) is 6.36. The Morgan fingerprint density at radius 1 is 1.48 bits per heavy atom. The van der Waals surface area contributed by atoms with Crippen molar-refractivity contribution in [3.63, 3.8) is 0 Å². The van der Waals surface area contributed by atoms with Crippen LogP contribution in [0.4, 0.5) is 4.39 Å². The molecule has 1 aliphatic rings. The first-order chi connectivity index (χ1) is 9.78. The molecule has 2 atom stereocenters. The van der Waals surface area contributed by atoms with Gasteiger partial charge in [-0.2, -0.15) is 4.31 Å². The Balaban J connectivity index is 2.44. The molecular formula is C12H14Cl2FNO4S. The Hall–Kier alpha value is -0.440. The molecule has 0 bridgehead atoms. The number of halogens is 3. The Morgan fingerprint density at radius 3 is 2.76 bits per heavy atom. The Morgan fingerprint density at radius 2 is 2.14 bits per heavy atom. The van der Waals surface area contributed by atoms with E-state index in [9.17, 15) is 12.8 Å². The minimum Gasteiger partial charge on any atom is -0.394 e. The third kappa shape index (κ3) is 3.18. The predicted octanol–water partition coefficient (Wildman–Crippen LogP) is 1.90. The summed E-state index contributed by atoms with van der Waals surface area (Å²) < 4.78 is 45.4. The van der Waals surface area contributed by atoms with Gasteiger partial charge < -0.3 is 9.84 Å².